The van der Waals surface area contributed by atoms with Crippen LogP contribution >= 0.6 is 11.6 Å². The molecule has 1 N–H and O–H groups in total. The highest BCUT2D eigenvalue weighted by Crippen LogP contribution is 2.31. The Labute approximate surface area is 162 Å². The number of nitrogens with zero attached hydrogens (tertiary/aromatic N) is 1. The summed E-state index contributed by atoms with van der Waals surface area (Å²) >= 11 is 6.19. The highest BCUT2D eigenvalue weighted by molar-refractivity contribution is 6.35. The summed E-state index contributed by atoms with van der Waals surface area (Å²) in [5.41, 5.74) is 1.66. The first-order valence-corrected chi connectivity index (χ1v) is 8.95. The SMILES string of the molecule is Cc1ccc(OCC(C)C(Oc2ccc(Cl)c3cccnc23)C(=O)O)cc1. The van der Waals surface area contributed by atoms with E-state index in [0.717, 1.165) is 5.56 Å². The number of benzene rings is 2. The fourth-order valence-electron chi connectivity index (χ4n) is 2.70. The molecule has 0 saturated heterocycles. The average Bonchev–Trinajstić information content (AvgIpc) is 2.67. The van der Waals surface area contributed by atoms with Crippen LogP contribution in [0, 0.1) is 12.8 Å². The number of aliphatic carboxylic acids is 1. The van der Waals surface area contributed by atoms with Gasteiger partial charge in [0.15, 0.2) is 0 Å². The summed E-state index contributed by atoms with van der Waals surface area (Å²) in [6, 6.07) is 14.5. The van der Waals surface area contributed by atoms with Gasteiger partial charge < -0.3 is 14.6 Å². The number of carboxylic acid groups (broad SMARTS) is 1. The van der Waals surface area contributed by atoms with Gasteiger partial charge in [0, 0.05) is 17.5 Å². The Morgan fingerprint density at radius 3 is 2.63 bits per heavy atom. The number of hydrogen-bond donors (Lipinski definition) is 1. The zero-order chi connectivity index (χ0) is 19.4. The van der Waals surface area contributed by atoms with E-state index in [1.165, 1.54) is 0 Å². The van der Waals surface area contributed by atoms with Gasteiger partial charge in [-0.3, -0.25) is 4.98 Å². The van der Waals surface area contributed by atoms with Crippen LogP contribution in [0.25, 0.3) is 10.9 Å². The molecule has 0 aliphatic rings. The van der Waals surface area contributed by atoms with E-state index in [2.05, 4.69) is 4.98 Å². The van der Waals surface area contributed by atoms with Crippen molar-refractivity contribution in [3.8, 4) is 11.5 Å². The molecule has 5 nitrogen and oxygen atoms in total. The Bertz CT molecular complexity index is 943. The molecular formula is C21H20ClNO4. The predicted octanol–water partition coefficient (Wildman–Crippen LogP) is 4.74. The summed E-state index contributed by atoms with van der Waals surface area (Å²) < 4.78 is 11.5. The highest BCUT2D eigenvalue weighted by atomic mass is 35.5. The van der Waals surface area contributed by atoms with E-state index < -0.39 is 18.0 Å². The lowest BCUT2D eigenvalue weighted by Gasteiger charge is -2.22. The van der Waals surface area contributed by atoms with Gasteiger partial charge in [-0.25, -0.2) is 4.79 Å². The van der Waals surface area contributed by atoms with E-state index in [1.807, 2.05) is 37.3 Å². The van der Waals surface area contributed by atoms with Crippen LogP contribution in [0.2, 0.25) is 5.02 Å². The summed E-state index contributed by atoms with van der Waals surface area (Å²) in [4.78, 5) is 16.1. The zero-order valence-corrected chi connectivity index (χ0v) is 15.8. The Hall–Kier alpha value is -2.79. The molecule has 0 fully saturated rings. The van der Waals surface area contributed by atoms with Crippen LogP contribution in [0.1, 0.15) is 12.5 Å². The fraction of sp³-hybridized carbons (Fsp3) is 0.238. The topological polar surface area (TPSA) is 68.7 Å². The molecule has 1 heterocycles. The van der Waals surface area contributed by atoms with Crippen LogP contribution in [-0.2, 0) is 4.79 Å². The highest BCUT2D eigenvalue weighted by Gasteiger charge is 2.28. The minimum atomic E-state index is -1.08. The van der Waals surface area contributed by atoms with Crippen molar-refractivity contribution in [1.29, 1.82) is 0 Å². The number of halogens is 1. The van der Waals surface area contributed by atoms with Crippen LogP contribution < -0.4 is 9.47 Å². The maximum atomic E-state index is 11.8. The molecular weight excluding hydrogens is 366 g/mol. The van der Waals surface area contributed by atoms with Crippen molar-refractivity contribution in [2.75, 3.05) is 6.61 Å². The van der Waals surface area contributed by atoms with Gasteiger partial charge in [-0.1, -0.05) is 36.2 Å². The molecule has 3 aromatic rings. The molecule has 1 aromatic heterocycles. The first kappa shape index (κ1) is 19.0. The van der Waals surface area contributed by atoms with E-state index in [9.17, 15) is 9.90 Å². The van der Waals surface area contributed by atoms with E-state index in [1.54, 1.807) is 31.3 Å². The van der Waals surface area contributed by atoms with Crippen LogP contribution in [0.15, 0.2) is 54.7 Å². The molecule has 0 aliphatic heterocycles. The van der Waals surface area contributed by atoms with Crippen LogP contribution in [0.4, 0.5) is 0 Å². The lowest BCUT2D eigenvalue weighted by atomic mass is 10.1. The Balaban J connectivity index is 1.77. The van der Waals surface area contributed by atoms with Crippen molar-refractivity contribution in [3.63, 3.8) is 0 Å². The summed E-state index contributed by atoms with van der Waals surface area (Å²) in [5.74, 6) is -0.382. The van der Waals surface area contributed by atoms with Crippen LogP contribution in [0.5, 0.6) is 11.5 Å². The molecule has 0 amide bonds. The van der Waals surface area contributed by atoms with Gasteiger partial charge in [0.2, 0.25) is 6.10 Å². The summed E-state index contributed by atoms with van der Waals surface area (Å²) in [5, 5.41) is 10.9. The third kappa shape index (κ3) is 4.49. The molecule has 0 spiro atoms. The minimum Gasteiger partial charge on any atom is -0.493 e. The standard InChI is InChI=1S/C21H20ClNO4/c1-13-5-7-15(8-6-13)26-12-14(2)20(21(24)25)27-18-10-9-17(22)16-4-3-11-23-19(16)18/h3-11,14,20H,12H2,1-2H3,(H,24,25). The zero-order valence-electron chi connectivity index (χ0n) is 15.1. The minimum absolute atomic E-state index is 0.207. The van der Waals surface area contributed by atoms with E-state index >= 15 is 0 Å². The Morgan fingerprint density at radius 2 is 1.93 bits per heavy atom. The first-order chi connectivity index (χ1) is 13.0. The van der Waals surface area contributed by atoms with Gasteiger partial charge in [-0.2, -0.15) is 0 Å². The predicted molar refractivity (Wildman–Crippen MR) is 105 cm³/mol. The number of aromatic nitrogens is 1. The molecule has 6 heteroatoms. The molecule has 2 unspecified atom stereocenters. The maximum absolute atomic E-state index is 11.8. The second kappa shape index (κ2) is 8.27. The quantitative estimate of drug-likeness (QED) is 0.636. The lowest BCUT2D eigenvalue weighted by Crippen LogP contribution is -2.36. The van der Waals surface area contributed by atoms with Gasteiger partial charge in [0.25, 0.3) is 0 Å². The number of carbonyl (C=O) groups is 1. The third-order valence-corrected chi connectivity index (χ3v) is 4.56. The van der Waals surface area contributed by atoms with Crippen molar-refractivity contribution >= 4 is 28.5 Å². The molecule has 0 saturated carbocycles. The molecule has 0 aliphatic carbocycles. The first-order valence-electron chi connectivity index (χ1n) is 8.58. The summed E-state index contributed by atoms with van der Waals surface area (Å²) in [7, 11) is 0. The normalized spacial score (nSPS) is 13.1. The molecule has 0 bridgehead atoms. The smallest absolute Gasteiger partial charge is 0.345 e. The summed E-state index contributed by atoms with van der Waals surface area (Å²) in [6.07, 6.45) is 0.535. The molecule has 2 aromatic carbocycles. The second-order valence-corrected chi connectivity index (χ2v) is 6.83. The lowest BCUT2D eigenvalue weighted by molar-refractivity contribution is -0.148. The van der Waals surface area contributed by atoms with Gasteiger partial charge in [0.1, 0.15) is 17.0 Å². The monoisotopic (exact) mass is 385 g/mol. The second-order valence-electron chi connectivity index (χ2n) is 6.42. The van der Waals surface area contributed by atoms with E-state index in [-0.39, 0.29) is 6.61 Å². The van der Waals surface area contributed by atoms with Crippen molar-refractivity contribution in [3.05, 3.63) is 65.3 Å². The Morgan fingerprint density at radius 1 is 1.19 bits per heavy atom. The number of aryl methyl sites for hydroxylation is 1. The number of fused-ring (bicyclic) bond motifs is 1. The van der Waals surface area contributed by atoms with Gasteiger partial charge in [-0.15, -0.1) is 0 Å². The van der Waals surface area contributed by atoms with Crippen LogP contribution in [-0.4, -0.2) is 28.8 Å². The van der Waals surface area contributed by atoms with Crippen LogP contribution in [0.3, 0.4) is 0 Å². The van der Waals surface area contributed by atoms with Crippen molar-refractivity contribution in [2.24, 2.45) is 5.92 Å². The number of rotatable bonds is 7. The molecule has 3 rings (SSSR count). The average molecular weight is 386 g/mol. The largest absolute Gasteiger partial charge is 0.493 e. The summed E-state index contributed by atoms with van der Waals surface area (Å²) in [6.45, 7) is 3.97. The van der Waals surface area contributed by atoms with E-state index in [0.29, 0.717) is 27.4 Å². The number of pyridine rings is 1. The third-order valence-electron chi connectivity index (χ3n) is 4.23. The molecule has 140 valence electrons. The van der Waals surface area contributed by atoms with Crippen molar-refractivity contribution < 1.29 is 19.4 Å². The van der Waals surface area contributed by atoms with E-state index in [4.69, 9.17) is 21.1 Å². The maximum Gasteiger partial charge on any atom is 0.345 e. The number of carboxylic acids is 1. The molecule has 2 atom stereocenters. The van der Waals surface area contributed by atoms with Gasteiger partial charge >= 0.3 is 5.97 Å². The Kier molecular flexibility index (Phi) is 5.81. The molecule has 27 heavy (non-hydrogen) atoms. The fourth-order valence-corrected chi connectivity index (χ4v) is 2.92. The van der Waals surface area contributed by atoms with Crippen molar-refractivity contribution in [1.82, 2.24) is 4.98 Å². The van der Waals surface area contributed by atoms with Gasteiger partial charge in [0.05, 0.1) is 11.6 Å². The van der Waals surface area contributed by atoms with Gasteiger partial charge in [-0.05, 0) is 43.3 Å². The van der Waals surface area contributed by atoms with Crippen molar-refractivity contribution in [2.45, 2.75) is 20.0 Å². The number of hydrogen-bond acceptors (Lipinski definition) is 4. The number of ether oxygens (including phenoxy) is 2. The molecule has 0 radical (unpaired) electrons.